The lowest BCUT2D eigenvalue weighted by Gasteiger charge is -2.02. The Hall–Kier alpha value is -0.790. The zero-order chi connectivity index (χ0) is 7.28. The van der Waals surface area contributed by atoms with Crippen LogP contribution in [0.5, 0.6) is 0 Å². The fourth-order valence-electron chi connectivity index (χ4n) is 0.341. The summed E-state index contributed by atoms with van der Waals surface area (Å²) in [7, 11) is 1.31. The maximum atomic E-state index is 10.5. The summed E-state index contributed by atoms with van der Waals surface area (Å²) in [5, 5.41) is 0. The van der Waals surface area contributed by atoms with Crippen molar-refractivity contribution in [1.82, 2.24) is 0 Å². The first kappa shape index (κ1) is 8.21. The molecule has 0 fully saturated rings. The third kappa shape index (κ3) is 2.90. The Labute approximate surface area is 55.5 Å². The van der Waals surface area contributed by atoms with Crippen molar-refractivity contribution in [1.29, 1.82) is 0 Å². The van der Waals surface area contributed by atoms with Gasteiger partial charge < -0.3 is 4.74 Å². The number of ether oxygens (including phenoxy) is 1. The smallest absolute Gasteiger partial charge is 0.313 e. The number of hydrogen-bond acceptors (Lipinski definition) is 2. The molecule has 0 N–H and O–H groups in total. The van der Waals surface area contributed by atoms with Gasteiger partial charge in [0.2, 0.25) is 0 Å². The van der Waals surface area contributed by atoms with Crippen molar-refractivity contribution in [2.75, 3.05) is 7.11 Å². The van der Waals surface area contributed by atoms with E-state index in [1.807, 2.05) is 0 Å². The summed E-state index contributed by atoms with van der Waals surface area (Å²) < 4.78 is 4.35. The lowest BCUT2D eigenvalue weighted by molar-refractivity contribution is -0.137. The van der Waals surface area contributed by atoms with Crippen molar-refractivity contribution < 1.29 is 9.53 Å². The molecule has 3 radical (unpaired) electrons. The van der Waals surface area contributed by atoms with Crippen molar-refractivity contribution in [3.05, 3.63) is 31.9 Å². The Morgan fingerprint density at radius 3 is 2.56 bits per heavy atom. The van der Waals surface area contributed by atoms with E-state index in [2.05, 4.69) is 18.2 Å². The molecule has 2 heteroatoms. The monoisotopic (exact) mass is 125 g/mol. The first-order valence-electron chi connectivity index (χ1n) is 2.45. The standard InChI is InChI=1S/C7H9O2/c1-4-5-6(2)7(8)9-3/h4-5H,1-2H2,3H3. The summed E-state index contributed by atoms with van der Waals surface area (Å²) in [6, 6.07) is 0. The van der Waals surface area contributed by atoms with Crippen molar-refractivity contribution in [3.8, 4) is 0 Å². The van der Waals surface area contributed by atoms with Crippen LogP contribution in [0.4, 0.5) is 0 Å². The van der Waals surface area contributed by atoms with E-state index in [-0.39, 0.29) is 0 Å². The van der Waals surface area contributed by atoms with Gasteiger partial charge in [0.25, 0.3) is 0 Å². The molecule has 0 aliphatic carbocycles. The van der Waals surface area contributed by atoms with Crippen molar-refractivity contribution in [2.24, 2.45) is 0 Å². The predicted octanol–water partition coefficient (Wildman–Crippen LogP) is 0.958. The SMILES string of the molecule is [CH2][C]([CH]C=C)C(=O)OC. The van der Waals surface area contributed by atoms with Crippen LogP contribution in [0, 0.1) is 19.3 Å². The van der Waals surface area contributed by atoms with E-state index >= 15 is 0 Å². The highest BCUT2D eigenvalue weighted by molar-refractivity contribution is 5.88. The van der Waals surface area contributed by atoms with E-state index in [0.29, 0.717) is 5.92 Å². The maximum absolute atomic E-state index is 10.5. The molecule has 0 spiro atoms. The van der Waals surface area contributed by atoms with Gasteiger partial charge >= 0.3 is 5.97 Å². The highest BCUT2D eigenvalue weighted by atomic mass is 16.5. The van der Waals surface area contributed by atoms with Crippen LogP contribution in [0.1, 0.15) is 0 Å². The van der Waals surface area contributed by atoms with Crippen molar-refractivity contribution in [2.45, 2.75) is 0 Å². The number of rotatable bonds is 3. The quantitative estimate of drug-likeness (QED) is 0.525. The van der Waals surface area contributed by atoms with Crippen LogP contribution >= 0.6 is 0 Å². The molecule has 0 aromatic rings. The Bertz CT molecular complexity index is 107. The minimum Gasteiger partial charge on any atom is -0.469 e. The van der Waals surface area contributed by atoms with E-state index in [4.69, 9.17) is 0 Å². The first-order valence-corrected chi connectivity index (χ1v) is 2.45. The van der Waals surface area contributed by atoms with Crippen molar-refractivity contribution in [3.63, 3.8) is 0 Å². The second-order valence-electron chi connectivity index (χ2n) is 1.42. The second-order valence-corrected chi connectivity index (χ2v) is 1.42. The molecule has 0 aliphatic rings. The predicted molar refractivity (Wildman–Crippen MR) is 35.1 cm³/mol. The van der Waals surface area contributed by atoms with E-state index in [1.165, 1.54) is 19.6 Å². The number of carbonyl (C=O) groups excluding carboxylic acids is 1. The summed E-state index contributed by atoms with van der Waals surface area (Å²) >= 11 is 0. The molecule has 0 atom stereocenters. The fraction of sp³-hybridized carbons (Fsp3) is 0.143. The summed E-state index contributed by atoms with van der Waals surface area (Å²) in [6.07, 6.45) is 2.98. The Morgan fingerprint density at radius 2 is 2.22 bits per heavy atom. The second kappa shape index (κ2) is 4.13. The molecule has 9 heavy (non-hydrogen) atoms. The van der Waals surface area contributed by atoms with Crippen LogP contribution in [0.15, 0.2) is 12.7 Å². The van der Waals surface area contributed by atoms with Gasteiger partial charge in [-0.2, -0.15) is 0 Å². The molecule has 0 aromatic carbocycles. The lowest BCUT2D eigenvalue weighted by Crippen LogP contribution is -2.09. The highest BCUT2D eigenvalue weighted by Crippen LogP contribution is 2.03. The molecule has 0 amide bonds. The number of hydrogen-bond donors (Lipinski definition) is 0. The third-order valence-electron chi connectivity index (χ3n) is 0.767. The Morgan fingerprint density at radius 1 is 1.67 bits per heavy atom. The molecular formula is C7H9O2. The molecule has 0 saturated carbocycles. The molecule has 0 unspecified atom stereocenters. The van der Waals surface area contributed by atoms with Crippen LogP contribution < -0.4 is 0 Å². The van der Waals surface area contributed by atoms with Gasteiger partial charge in [-0.15, -0.1) is 6.58 Å². The number of methoxy groups -OCH3 is 1. The summed E-state index contributed by atoms with van der Waals surface area (Å²) in [4.78, 5) is 10.5. The van der Waals surface area contributed by atoms with Crippen LogP contribution in [0.25, 0.3) is 0 Å². The van der Waals surface area contributed by atoms with Gasteiger partial charge in [0, 0.05) is 6.42 Å². The van der Waals surface area contributed by atoms with Gasteiger partial charge in [0.05, 0.1) is 13.0 Å². The molecule has 0 aromatic heterocycles. The normalized spacial score (nSPS) is 9.22. The third-order valence-corrected chi connectivity index (χ3v) is 0.767. The summed E-state index contributed by atoms with van der Waals surface area (Å²) in [6.45, 7) is 6.81. The van der Waals surface area contributed by atoms with Crippen molar-refractivity contribution >= 4 is 5.97 Å². The molecular weight excluding hydrogens is 116 g/mol. The minimum atomic E-state index is -0.421. The minimum absolute atomic E-state index is 0.313. The summed E-state index contributed by atoms with van der Waals surface area (Å²) in [5.41, 5.74) is 0. The zero-order valence-corrected chi connectivity index (χ0v) is 5.39. The van der Waals surface area contributed by atoms with Crippen LogP contribution in [-0.2, 0) is 9.53 Å². The average molecular weight is 125 g/mol. The highest BCUT2D eigenvalue weighted by Gasteiger charge is 2.11. The summed E-state index contributed by atoms with van der Waals surface area (Å²) in [5.74, 6) is -0.109. The Kier molecular flexibility index (Phi) is 3.76. The lowest BCUT2D eigenvalue weighted by atomic mass is 10.1. The molecule has 0 heterocycles. The molecule has 0 aliphatic heterocycles. The first-order chi connectivity index (χ1) is 4.22. The molecule has 49 valence electrons. The molecule has 0 rings (SSSR count). The van der Waals surface area contributed by atoms with Gasteiger partial charge in [-0.25, -0.2) is 0 Å². The van der Waals surface area contributed by atoms with Crippen LogP contribution in [-0.4, -0.2) is 13.1 Å². The van der Waals surface area contributed by atoms with Gasteiger partial charge in [-0.05, 0) is 6.92 Å². The van der Waals surface area contributed by atoms with Gasteiger partial charge in [0.1, 0.15) is 0 Å². The van der Waals surface area contributed by atoms with Crippen LogP contribution in [0.2, 0.25) is 0 Å². The average Bonchev–Trinajstić information content (AvgIpc) is 1.87. The van der Waals surface area contributed by atoms with E-state index < -0.39 is 5.97 Å². The largest absolute Gasteiger partial charge is 0.469 e. The van der Waals surface area contributed by atoms with Crippen LogP contribution in [0.3, 0.4) is 0 Å². The number of carbonyl (C=O) groups is 1. The van der Waals surface area contributed by atoms with E-state index in [9.17, 15) is 4.79 Å². The zero-order valence-electron chi connectivity index (χ0n) is 5.39. The molecule has 0 bridgehead atoms. The van der Waals surface area contributed by atoms with Gasteiger partial charge in [-0.1, -0.05) is 6.08 Å². The topological polar surface area (TPSA) is 26.3 Å². The van der Waals surface area contributed by atoms with E-state index in [1.54, 1.807) is 0 Å². The molecule has 2 nitrogen and oxygen atoms in total. The Balaban J connectivity index is 3.58. The van der Waals surface area contributed by atoms with E-state index in [0.717, 1.165) is 0 Å². The van der Waals surface area contributed by atoms with Gasteiger partial charge in [0.15, 0.2) is 0 Å². The van der Waals surface area contributed by atoms with Gasteiger partial charge in [-0.3, -0.25) is 4.79 Å². The number of allylic oxidation sites excluding steroid dienone is 1. The molecule has 0 saturated heterocycles. The maximum Gasteiger partial charge on any atom is 0.313 e. The fourth-order valence-corrected chi connectivity index (χ4v) is 0.341. The number of esters is 1.